The van der Waals surface area contributed by atoms with E-state index in [-0.39, 0.29) is 29.0 Å². The second-order valence-corrected chi connectivity index (χ2v) is 9.14. The highest BCUT2D eigenvalue weighted by molar-refractivity contribution is 7.90. The van der Waals surface area contributed by atoms with Gasteiger partial charge in [0.15, 0.2) is 15.6 Å². The summed E-state index contributed by atoms with van der Waals surface area (Å²) in [5, 5.41) is 2.79. The molecule has 28 heavy (non-hydrogen) atoms. The van der Waals surface area contributed by atoms with E-state index in [4.69, 9.17) is 0 Å². The third kappa shape index (κ3) is 5.27. The fraction of sp³-hybridized carbons (Fsp3) is 0.333. The van der Waals surface area contributed by atoms with Crippen LogP contribution in [0.15, 0.2) is 59.5 Å². The standard InChI is InChI=1S/C21H24N2O4S/c1-28(26,27)19-9-7-18(8-10-19)22-20(24)15-23-13-11-17(12-14-23)21(25)16-5-3-2-4-6-16/h2-10,17H,11-15H2,1H3,(H,22,24). The Morgan fingerprint density at radius 2 is 1.61 bits per heavy atom. The molecule has 3 rings (SSSR count). The Morgan fingerprint density at radius 3 is 2.18 bits per heavy atom. The van der Waals surface area contributed by atoms with Gasteiger partial charge in [0.2, 0.25) is 5.91 Å². The minimum Gasteiger partial charge on any atom is -0.325 e. The molecule has 7 heteroatoms. The molecule has 1 aliphatic heterocycles. The maximum Gasteiger partial charge on any atom is 0.238 e. The van der Waals surface area contributed by atoms with Gasteiger partial charge in [0.05, 0.1) is 11.4 Å². The monoisotopic (exact) mass is 400 g/mol. The van der Waals surface area contributed by atoms with E-state index in [0.717, 1.165) is 24.7 Å². The van der Waals surface area contributed by atoms with Crippen molar-refractivity contribution in [3.8, 4) is 0 Å². The van der Waals surface area contributed by atoms with Gasteiger partial charge in [-0.15, -0.1) is 0 Å². The number of carbonyl (C=O) groups excluding carboxylic acids is 2. The molecule has 1 heterocycles. The average Bonchev–Trinajstić information content (AvgIpc) is 2.68. The van der Waals surface area contributed by atoms with E-state index in [1.165, 1.54) is 12.1 Å². The number of hydrogen-bond acceptors (Lipinski definition) is 5. The number of ketones is 1. The van der Waals surface area contributed by atoms with Crippen molar-refractivity contribution in [3.05, 3.63) is 60.2 Å². The number of nitrogens with one attached hydrogen (secondary N) is 1. The molecule has 1 fully saturated rings. The van der Waals surface area contributed by atoms with Crippen molar-refractivity contribution in [1.29, 1.82) is 0 Å². The van der Waals surface area contributed by atoms with E-state index in [9.17, 15) is 18.0 Å². The van der Waals surface area contributed by atoms with E-state index in [0.29, 0.717) is 18.8 Å². The van der Waals surface area contributed by atoms with Gasteiger partial charge in [-0.2, -0.15) is 0 Å². The number of piperidine rings is 1. The van der Waals surface area contributed by atoms with Gasteiger partial charge in [0.1, 0.15) is 0 Å². The minimum atomic E-state index is -3.25. The molecule has 0 aliphatic carbocycles. The van der Waals surface area contributed by atoms with Crippen LogP contribution < -0.4 is 5.32 Å². The first kappa shape index (κ1) is 20.2. The molecule has 6 nitrogen and oxygen atoms in total. The van der Waals surface area contributed by atoms with Crippen molar-refractivity contribution in [2.45, 2.75) is 17.7 Å². The highest BCUT2D eigenvalue weighted by Crippen LogP contribution is 2.22. The maximum absolute atomic E-state index is 12.5. The number of benzene rings is 2. The summed E-state index contributed by atoms with van der Waals surface area (Å²) < 4.78 is 23.0. The van der Waals surface area contributed by atoms with E-state index >= 15 is 0 Å². The molecule has 1 N–H and O–H groups in total. The normalized spacial score (nSPS) is 15.9. The summed E-state index contributed by atoms with van der Waals surface area (Å²) in [6, 6.07) is 15.4. The number of carbonyl (C=O) groups is 2. The number of rotatable bonds is 6. The Hall–Kier alpha value is -2.51. The lowest BCUT2D eigenvalue weighted by molar-refractivity contribution is -0.117. The molecule has 0 radical (unpaired) electrons. The molecule has 0 saturated carbocycles. The number of amides is 1. The summed E-state index contributed by atoms with van der Waals surface area (Å²) in [6.45, 7) is 1.65. The summed E-state index contributed by atoms with van der Waals surface area (Å²) in [5.74, 6) is 0.0286. The van der Waals surface area contributed by atoms with Crippen LogP contribution in [-0.4, -0.2) is 50.9 Å². The Bertz CT molecular complexity index is 932. The molecular formula is C21H24N2O4S. The predicted molar refractivity (Wildman–Crippen MR) is 108 cm³/mol. The minimum absolute atomic E-state index is 0.00486. The van der Waals surface area contributed by atoms with Crippen LogP contribution in [0.2, 0.25) is 0 Å². The highest BCUT2D eigenvalue weighted by atomic mass is 32.2. The molecule has 0 atom stereocenters. The number of likely N-dealkylation sites (tertiary alicyclic amines) is 1. The Labute approximate surface area is 165 Å². The molecule has 0 aromatic heterocycles. The van der Waals surface area contributed by atoms with Gasteiger partial charge in [-0.25, -0.2) is 8.42 Å². The zero-order chi connectivity index (χ0) is 20.1. The van der Waals surface area contributed by atoms with Crippen LogP contribution in [0.1, 0.15) is 23.2 Å². The Kier molecular flexibility index (Phi) is 6.26. The van der Waals surface area contributed by atoms with Gasteiger partial charge in [-0.1, -0.05) is 30.3 Å². The molecule has 1 saturated heterocycles. The lowest BCUT2D eigenvalue weighted by atomic mass is 9.89. The van der Waals surface area contributed by atoms with E-state index in [1.807, 2.05) is 35.2 Å². The van der Waals surface area contributed by atoms with Crippen molar-refractivity contribution in [2.24, 2.45) is 5.92 Å². The summed E-state index contributed by atoms with van der Waals surface area (Å²) in [5.41, 5.74) is 1.31. The van der Waals surface area contributed by atoms with Gasteiger partial charge in [0.25, 0.3) is 0 Å². The fourth-order valence-electron chi connectivity index (χ4n) is 3.38. The van der Waals surface area contributed by atoms with Crippen LogP contribution in [0.25, 0.3) is 0 Å². The number of nitrogens with zero attached hydrogens (tertiary/aromatic N) is 1. The predicted octanol–water partition coefficient (Wildman–Crippen LogP) is 2.62. The number of Topliss-reactive ketones (excluding diaryl/α,β-unsaturated/α-hetero) is 1. The first-order valence-corrected chi connectivity index (χ1v) is 11.1. The van der Waals surface area contributed by atoms with Crippen LogP contribution in [0.3, 0.4) is 0 Å². The number of sulfone groups is 1. The van der Waals surface area contributed by atoms with Crippen LogP contribution in [0, 0.1) is 5.92 Å². The van der Waals surface area contributed by atoms with Crippen molar-refractivity contribution >= 4 is 27.2 Å². The van der Waals surface area contributed by atoms with Crippen molar-refractivity contribution < 1.29 is 18.0 Å². The van der Waals surface area contributed by atoms with Crippen LogP contribution in [0.4, 0.5) is 5.69 Å². The van der Waals surface area contributed by atoms with Gasteiger partial charge >= 0.3 is 0 Å². The van der Waals surface area contributed by atoms with Crippen molar-refractivity contribution in [3.63, 3.8) is 0 Å². The molecule has 1 aliphatic rings. The summed E-state index contributed by atoms with van der Waals surface area (Å²) in [6.07, 6.45) is 2.63. The topological polar surface area (TPSA) is 83.6 Å². The third-order valence-electron chi connectivity index (χ3n) is 4.95. The number of anilines is 1. The second kappa shape index (κ2) is 8.67. The van der Waals surface area contributed by atoms with Gasteiger partial charge in [-0.05, 0) is 50.2 Å². The largest absolute Gasteiger partial charge is 0.325 e. The lowest BCUT2D eigenvalue weighted by Crippen LogP contribution is -2.40. The Morgan fingerprint density at radius 1 is 1.00 bits per heavy atom. The van der Waals surface area contributed by atoms with E-state index < -0.39 is 9.84 Å². The summed E-state index contributed by atoms with van der Waals surface area (Å²) in [7, 11) is -3.25. The first-order valence-electron chi connectivity index (χ1n) is 9.24. The molecule has 2 aromatic rings. The van der Waals surface area contributed by atoms with Gasteiger partial charge in [0, 0.05) is 23.4 Å². The zero-order valence-electron chi connectivity index (χ0n) is 15.8. The van der Waals surface area contributed by atoms with Gasteiger partial charge in [-0.3, -0.25) is 14.5 Å². The van der Waals surface area contributed by atoms with Gasteiger partial charge < -0.3 is 5.32 Å². The average molecular weight is 401 g/mol. The third-order valence-corrected chi connectivity index (χ3v) is 6.08. The van der Waals surface area contributed by atoms with Crippen molar-refractivity contribution in [2.75, 3.05) is 31.2 Å². The molecular weight excluding hydrogens is 376 g/mol. The zero-order valence-corrected chi connectivity index (χ0v) is 16.6. The quantitative estimate of drug-likeness (QED) is 0.754. The molecule has 0 unspecified atom stereocenters. The number of hydrogen-bond donors (Lipinski definition) is 1. The second-order valence-electron chi connectivity index (χ2n) is 7.13. The SMILES string of the molecule is CS(=O)(=O)c1ccc(NC(=O)CN2CCC(C(=O)c3ccccc3)CC2)cc1. The summed E-state index contributed by atoms with van der Waals surface area (Å²) in [4.78, 5) is 27.0. The molecule has 0 bridgehead atoms. The van der Waals surface area contributed by atoms with E-state index in [2.05, 4.69) is 5.32 Å². The van der Waals surface area contributed by atoms with Crippen LogP contribution in [0.5, 0.6) is 0 Å². The van der Waals surface area contributed by atoms with Crippen LogP contribution in [-0.2, 0) is 14.6 Å². The lowest BCUT2D eigenvalue weighted by Gasteiger charge is -2.30. The fourth-order valence-corrected chi connectivity index (χ4v) is 4.01. The maximum atomic E-state index is 12.5. The first-order chi connectivity index (χ1) is 13.3. The summed E-state index contributed by atoms with van der Waals surface area (Å²) >= 11 is 0. The van der Waals surface area contributed by atoms with Crippen LogP contribution >= 0.6 is 0 Å². The molecule has 148 valence electrons. The smallest absolute Gasteiger partial charge is 0.238 e. The molecule has 0 spiro atoms. The Balaban J connectivity index is 1.48. The van der Waals surface area contributed by atoms with E-state index in [1.54, 1.807) is 12.1 Å². The van der Waals surface area contributed by atoms with Crippen molar-refractivity contribution in [1.82, 2.24) is 4.90 Å². The molecule has 1 amide bonds. The highest BCUT2D eigenvalue weighted by Gasteiger charge is 2.26. The molecule has 2 aromatic carbocycles.